The number of rotatable bonds is 3. The Morgan fingerprint density at radius 1 is 0.897 bits per heavy atom. The average Bonchev–Trinajstić information content (AvgIpc) is 3.13. The molecule has 146 valence electrons. The molecule has 2 aromatic carbocycles. The van der Waals surface area contributed by atoms with Crippen LogP contribution in [0, 0.1) is 0 Å². The Morgan fingerprint density at radius 3 is 2.38 bits per heavy atom. The van der Waals surface area contributed by atoms with E-state index in [-0.39, 0.29) is 0 Å². The summed E-state index contributed by atoms with van der Waals surface area (Å²) >= 11 is 0. The number of hydrogen-bond donors (Lipinski definition) is 2. The Morgan fingerprint density at radius 2 is 1.62 bits per heavy atom. The number of aromatic amines is 1. The van der Waals surface area contributed by atoms with Gasteiger partial charge >= 0.3 is 0 Å². The minimum absolute atomic E-state index is 0.506. The number of pyridine rings is 1. The van der Waals surface area contributed by atoms with Crippen LogP contribution in [0.5, 0.6) is 0 Å². The summed E-state index contributed by atoms with van der Waals surface area (Å²) in [6.45, 7) is 4.42. The maximum atomic E-state index is 6.21. The number of nitrogens with one attached hydrogen (secondary N) is 1. The molecule has 0 bridgehead atoms. The average molecular weight is 383 g/mol. The second-order valence-corrected chi connectivity index (χ2v) is 8.36. The van der Waals surface area contributed by atoms with Gasteiger partial charge in [-0.05, 0) is 71.6 Å². The van der Waals surface area contributed by atoms with Gasteiger partial charge < -0.3 is 5.73 Å². The lowest BCUT2D eigenvalue weighted by molar-refractivity contribution is 0.686. The van der Waals surface area contributed by atoms with Crippen LogP contribution in [0.3, 0.4) is 0 Å². The molecule has 1 aliphatic carbocycles. The van der Waals surface area contributed by atoms with E-state index in [1.807, 2.05) is 0 Å². The van der Waals surface area contributed by atoms with Crippen LogP contribution < -0.4 is 5.73 Å². The number of anilines is 1. The fourth-order valence-corrected chi connectivity index (χ4v) is 4.36. The monoisotopic (exact) mass is 382 g/mol. The molecule has 0 saturated carbocycles. The SMILES string of the molecule is CC(C)c1ccc(-c2cc(-c3ccc4c(c3)CCCC4)nc3n[nH]c(N)c23)cc1. The Bertz CT molecular complexity index is 1190. The number of aromatic nitrogens is 3. The number of nitrogens with two attached hydrogens (primary N) is 1. The van der Waals surface area contributed by atoms with E-state index in [9.17, 15) is 0 Å². The van der Waals surface area contributed by atoms with Gasteiger partial charge in [0.05, 0.1) is 11.1 Å². The van der Waals surface area contributed by atoms with E-state index in [2.05, 4.69) is 72.6 Å². The quantitative estimate of drug-likeness (QED) is 0.465. The van der Waals surface area contributed by atoms with Crippen LogP contribution >= 0.6 is 0 Å². The molecule has 0 fully saturated rings. The van der Waals surface area contributed by atoms with Crippen LogP contribution in [-0.4, -0.2) is 15.2 Å². The largest absolute Gasteiger partial charge is 0.383 e. The number of fused-ring (bicyclic) bond motifs is 2. The van der Waals surface area contributed by atoms with E-state index in [1.165, 1.54) is 36.0 Å². The maximum Gasteiger partial charge on any atom is 0.184 e. The van der Waals surface area contributed by atoms with Crippen molar-refractivity contribution in [3.63, 3.8) is 0 Å². The predicted molar refractivity (Wildman–Crippen MR) is 120 cm³/mol. The third kappa shape index (κ3) is 3.19. The minimum atomic E-state index is 0.506. The highest BCUT2D eigenvalue weighted by molar-refractivity contribution is 6.01. The highest BCUT2D eigenvalue weighted by atomic mass is 15.2. The molecule has 0 aliphatic heterocycles. The van der Waals surface area contributed by atoms with Gasteiger partial charge in [0.2, 0.25) is 0 Å². The highest BCUT2D eigenvalue weighted by Crippen LogP contribution is 2.35. The van der Waals surface area contributed by atoms with Crippen LogP contribution in [0.15, 0.2) is 48.5 Å². The van der Waals surface area contributed by atoms with Crippen molar-refractivity contribution in [2.75, 3.05) is 5.73 Å². The van der Waals surface area contributed by atoms with Gasteiger partial charge in [-0.1, -0.05) is 50.2 Å². The molecular weight excluding hydrogens is 356 g/mol. The molecule has 4 aromatic rings. The summed E-state index contributed by atoms with van der Waals surface area (Å²) in [6.07, 6.45) is 4.90. The first kappa shape index (κ1) is 17.9. The van der Waals surface area contributed by atoms with Crippen molar-refractivity contribution in [1.82, 2.24) is 15.2 Å². The van der Waals surface area contributed by atoms with Crippen LogP contribution in [0.25, 0.3) is 33.4 Å². The minimum Gasteiger partial charge on any atom is -0.383 e. The van der Waals surface area contributed by atoms with E-state index in [0.29, 0.717) is 17.4 Å². The van der Waals surface area contributed by atoms with Crippen LogP contribution in [0.2, 0.25) is 0 Å². The lowest BCUT2D eigenvalue weighted by Crippen LogP contribution is -2.02. The zero-order valence-electron chi connectivity index (χ0n) is 17.0. The molecule has 0 atom stereocenters. The fourth-order valence-electron chi connectivity index (χ4n) is 4.36. The van der Waals surface area contributed by atoms with Crippen LogP contribution in [0.4, 0.5) is 5.82 Å². The Hall–Kier alpha value is -3.14. The molecule has 0 saturated heterocycles. The van der Waals surface area contributed by atoms with E-state index in [0.717, 1.165) is 34.2 Å². The Kier molecular flexibility index (Phi) is 4.35. The predicted octanol–water partition coefficient (Wildman–Crippen LogP) is 5.88. The molecule has 2 heterocycles. The first-order valence-electron chi connectivity index (χ1n) is 10.5. The van der Waals surface area contributed by atoms with Gasteiger partial charge in [0.1, 0.15) is 5.82 Å². The molecule has 3 N–H and O–H groups in total. The molecule has 4 nitrogen and oxygen atoms in total. The van der Waals surface area contributed by atoms with Gasteiger partial charge in [-0.25, -0.2) is 4.98 Å². The molecular formula is C25H26N4. The summed E-state index contributed by atoms with van der Waals surface area (Å²) in [5.41, 5.74) is 15.4. The van der Waals surface area contributed by atoms with Crippen molar-refractivity contribution >= 4 is 16.9 Å². The first-order valence-corrected chi connectivity index (χ1v) is 10.5. The smallest absolute Gasteiger partial charge is 0.184 e. The third-order valence-corrected chi connectivity index (χ3v) is 6.08. The van der Waals surface area contributed by atoms with E-state index >= 15 is 0 Å². The number of nitrogen functional groups attached to an aromatic ring is 1. The third-order valence-electron chi connectivity index (χ3n) is 6.08. The molecule has 0 radical (unpaired) electrons. The zero-order chi connectivity index (χ0) is 20.0. The maximum absolute atomic E-state index is 6.21. The van der Waals surface area contributed by atoms with Crippen molar-refractivity contribution in [2.24, 2.45) is 0 Å². The van der Waals surface area contributed by atoms with Crippen molar-refractivity contribution < 1.29 is 0 Å². The lowest BCUT2D eigenvalue weighted by atomic mass is 9.89. The summed E-state index contributed by atoms with van der Waals surface area (Å²) in [5, 5.41) is 8.17. The van der Waals surface area contributed by atoms with Gasteiger partial charge in [0, 0.05) is 5.56 Å². The summed E-state index contributed by atoms with van der Waals surface area (Å²) in [4.78, 5) is 4.82. The van der Waals surface area contributed by atoms with Gasteiger partial charge in [-0.15, -0.1) is 0 Å². The molecule has 29 heavy (non-hydrogen) atoms. The number of benzene rings is 2. The molecule has 0 amide bonds. The summed E-state index contributed by atoms with van der Waals surface area (Å²) in [7, 11) is 0. The number of H-pyrrole nitrogens is 1. The molecule has 0 unspecified atom stereocenters. The Balaban J connectivity index is 1.67. The van der Waals surface area contributed by atoms with Crippen molar-refractivity contribution in [2.45, 2.75) is 45.4 Å². The van der Waals surface area contributed by atoms with Gasteiger partial charge in [0.25, 0.3) is 0 Å². The second kappa shape index (κ2) is 7.03. The van der Waals surface area contributed by atoms with Crippen molar-refractivity contribution in [1.29, 1.82) is 0 Å². The van der Waals surface area contributed by atoms with Crippen LogP contribution in [0.1, 0.15) is 49.3 Å². The molecule has 4 heteroatoms. The first-order chi connectivity index (χ1) is 14.1. The fraction of sp³-hybridized carbons (Fsp3) is 0.280. The van der Waals surface area contributed by atoms with Crippen LogP contribution in [-0.2, 0) is 12.8 Å². The van der Waals surface area contributed by atoms with Gasteiger partial charge in [0.15, 0.2) is 5.65 Å². The van der Waals surface area contributed by atoms with Gasteiger partial charge in [-0.2, -0.15) is 5.10 Å². The number of aryl methyl sites for hydroxylation is 2. The summed E-state index contributed by atoms with van der Waals surface area (Å²) in [5.74, 6) is 1.07. The summed E-state index contributed by atoms with van der Waals surface area (Å²) < 4.78 is 0. The Labute approximate surface area is 171 Å². The normalized spacial score (nSPS) is 13.8. The number of nitrogens with zero attached hydrogens (tertiary/aromatic N) is 2. The standard InChI is InChI=1S/C25H26N4/c1-15(2)16-7-10-18(11-8-16)21-14-22(27-25-23(21)24(26)28-29-25)20-12-9-17-5-3-4-6-19(17)13-20/h7-15H,3-6H2,1-2H3,(H3,26,27,28,29). The van der Waals surface area contributed by atoms with Crippen molar-refractivity contribution in [3.05, 3.63) is 65.2 Å². The van der Waals surface area contributed by atoms with E-state index < -0.39 is 0 Å². The van der Waals surface area contributed by atoms with E-state index in [1.54, 1.807) is 0 Å². The molecule has 2 aromatic heterocycles. The van der Waals surface area contributed by atoms with Crippen molar-refractivity contribution in [3.8, 4) is 22.4 Å². The lowest BCUT2D eigenvalue weighted by Gasteiger charge is -2.17. The number of hydrogen-bond acceptors (Lipinski definition) is 3. The molecule has 5 rings (SSSR count). The second-order valence-electron chi connectivity index (χ2n) is 8.36. The molecule has 0 spiro atoms. The topological polar surface area (TPSA) is 67.6 Å². The summed E-state index contributed by atoms with van der Waals surface area (Å²) in [6, 6.07) is 17.7. The highest BCUT2D eigenvalue weighted by Gasteiger charge is 2.16. The van der Waals surface area contributed by atoms with Gasteiger partial charge in [-0.3, -0.25) is 5.10 Å². The van der Waals surface area contributed by atoms with E-state index in [4.69, 9.17) is 10.7 Å². The zero-order valence-corrected chi connectivity index (χ0v) is 17.0. The molecule has 1 aliphatic rings.